The van der Waals surface area contributed by atoms with E-state index >= 15 is 0 Å². The topological polar surface area (TPSA) is 62.8 Å². The van der Waals surface area contributed by atoms with Gasteiger partial charge in [0.05, 0.1) is 12.8 Å². The largest absolute Gasteiger partial charge is 0.497 e. The molecule has 0 aliphatic carbocycles. The monoisotopic (exact) mass is 194 g/mol. The molecule has 0 fully saturated rings. The Morgan fingerprint density at radius 2 is 2.64 bits per heavy atom. The van der Waals surface area contributed by atoms with Crippen molar-refractivity contribution in [3.05, 3.63) is 24.5 Å². The molecule has 14 heavy (non-hydrogen) atoms. The van der Waals surface area contributed by atoms with E-state index in [4.69, 9.17) is 4.74 Å². The molecule has 1 aromatic heterocycles. The highest BCUT2D eigenvalue weighted by molar-refractivity contribution is 4.84. The van der Waals surface area contributed by atoms with Crippen molar-refractivity contribution in [3.63, 3.8) is 0 Å². The number of ether oxygens (including phenoxy) is 1. The molecule has 0 spiro atoms. The molecule has 2 N–H and O–H groups in total. The molecule has 0 aromatic carbocycles. The summed E-state index contributed by atoms with van der Waals surface area (Å²) in [5.74, 6) is 0.858. The van der Waals surface area contributed by atoms with Gasteiger partial charge in [-0.15, -0.1) is 0 Å². The fourth-order valence-electron chi connectivity index (χ4n) is 1.40. The molecule has 0 amide bonds. The second-order valence-corrected chi connectivity index (χ2v) is 3.27. The number of aromatic amines is 1. The first kappa shape index (κ1) is 9.21. The molecule has 5 heteroatoms. The number of nitrogens with one attached hydrogen (secondary N) is 2. The maximum absolute atomic E-state index is 5.41. The van der Waals surface area contributed by atoms with Gasteiger partial charge in [-0.1, -0.05) is 0 Å². The minimum absolute atomic E-state index is 0.294. The van der Waals surface area contributed by atoms with Gasteiger partial charge in [0.1, 0.15) is 18.3 Å². The predicted molar refractivity (Wildman–Crippen MR) is 51.3 cm³/mol. The van der Waals surface area contributed by atoms with E-state index in [1.807, 2.05) is 6.08 Å². The third kappa shape index (κ3) is 2.56. The molecule has 1 aromatic rings. The van der Waals surface area contributed by atoms with Gasteiger partial charge >= 0.3 is 0 Å². The molecule has 2 heterocycles. The summed E-state index contributed by atoms with van der Waals surface area (Å²) in [6.45, 7) is 1.56. The lowest BCUT2D eigenvalue weighted by molar-refractivity contribution is 0.122. The van der Waals surface area contributed by atoms with Crippen LogP contribution in [0.15, 0.2) is 18.7 Å². The van der Waals surface area contributed by atoms with Gasteiger partial charge in [0.15, 0.2) is 0 Å². The van der Waals surface area contributed by atoms with Crippen molar-refractivity contribution in [3.8, 4) is 0 Å². The second kappa shape index (κ2) is 4.76. The molecule has 0 saturated heterocycles. The van der Waals surface area contributed by atoms with Crippen LogP contribution in [0.4, 0.5) is 0 Å². The van der Waals surface area contributed by atoms with Crippen LogP contribution in [0.25, 0.3) is 0 Å². The highest BCUT2D eigenvalue weighted by Crippen LogP contribution is 2.08. The maximum atomic E-state index is 5.41. The van der Waals surface area contributed by atoms with Crippen molar-refractivity contribution in [2.24, 2.45) is 0 Å². The lowest BCUT2D eigenvalue weighted by Crippen LogP contribution is -2.29. The smallest absolute Gasteiger partial charge is 0.138 e. The van der Waals surface area contributed by atoms with E-state index in [9.17, 15) is 0 Å². The summed E-state index contributed by atoms with van der Waals surface area (Å²) < 4.78 is 5.41. The highest BCUT2D eigenvalue weighted by atomic mass is 16.5. The average Bonchev–Trinajstić information content (AvgIpc) is 2.72. The zero-order chi connectivity index (χ0) is 9.64. The zero-order valence-electron chi connectivity index (χ0n) is 7.94. The van der Waals surface area contributed by atoms with Gasteiger partial charge in [-0.3, -0.25) is 5.10 Å². The van der Waals surface area contributed by atoms with Crippen LogP contribution >= 0.6 is 0 Å². The molecule has 0 saturated carbocycles. The maximum Gasteiger partial charge on any atom is 0.138 e. The zero-order valence-corrected chi connectivity index (χ0v) is 7.94. The number of rotatable bonds is 4. The molecule has 2 rings (SSSR count). The van der Waals surface area contributed by atoms with E-state index in [0.717, 1.165) is 25.2 Å². The first-order valence-electron chi connectivity index (χ1n) is 4.80. The van der Waals surface area contributed by atoms with Gasteiger partial charge in [-0.05, 0) is 18.9 Å². The minimum atomic E-state index is 0.294. The minimum Gasteiger partial charge on any atom is -0.497 e. The van der Waals surface area contributed by atoms with Crippen LogP contribution in [0.1, 0.15) is 18.7 Å². The van der Waals surface area contributed by atoms with Crippen LogP contribution in [0.5, 0.6) is 0 Å². The molecule has 1 aliphatic heterocycles. The second-order valence-electron chi connectivity index (χ2n) is 3.27. The van der Waals surface area contributed by atoms with Crippen molar-refractivity contribution in [2.45, 2.75) is 25.5 Å². The molecule has 5 nitrogen and oxygen atoms in total. The lowest BCUT2D eigenvalue weighted by atomic mass is 10.1. The molecular formula is C9H14N4O. The van der Waals surface area contributed by atoms with E-state index in [0.29, 0.717) is 12.6 Å². The highest BCUT2D eigenvalue weighted by Gasteiger charge is 2.09. The summed E-state index contributed by atoms with van der Waals surface area (Å²) in [5.41, 5.74) is 0. The number of hydrogen-bond donors (Lipinski definition) is 2. The fraction of sp³-hybridized carbons (Fsp3) is 0.556. The quantitative estimate of drug-likeness (QED) is 0.736. The Bertz CT molecular complexity index is 283. The number of hydrogen-bond acceptors (Lipinski definition) is 4. The first-order chi connectivity index (χ1) is 6.95. The first-order valence-corrected chi connectivity index (χ1v) is 4.80. The van der Waals surface area contributed by atoms with Gasteiger partial charge in [0, 0.05) is 6.54 Å². The fourth-order valence-corrected chi connectivity index (χ4v) is 1.40. The van der Waals surface area contributed by atoms with Crippen LogP contribution < -0.4 is 5.32 Å². The molecular weight excluding hydrogens is 180 g/mol. The Labute approximate surface area is 82.6 Å². The summed E-state index contributed by atoms with van der Waals surface area (Å²) in [4.78, 5) is 4.01. The predicted octanol–water partition coefficient (Wildman–Crippen LogP) is 0.587. The normalized spacial score (nSPS) is 20.7. The summed E-state index contributed by atoms with van der Waals surface area (Å²) in [6, 6.07) is 0. The number of allylic oxidation sites excluding steroid dienone is 1. The van der Waals surface area contributed by atoms with Crippen molar-refractivity contribution in [2.75, 3.05) is 6.54 Å². The Kier molecular flexibility index (Phi) is 3.13. The summed E-state index contributed by atoms with van der Waals surface area (Å²) in [6.07, 6.45) is 7.82. The van der Waals surface area contributed by atoms with Crippen molar-refractivity contribution in [1.82, 2.24) is 20.5 Å². The van der Waals surface area contributed by atoms with Crippen LogP contribution in [-0.4, -0.2) is 27.8 Å². The molecule has 1 aliphatic rings. The molecule has 1 unspecified atom stereocenters. The van der Waals surface area contributed by atoms with Gasteiger partial charge in [-0.25, -0.2) is 4.98 Å². The van der Waals surface area contributed by atoms with E-state index in [1.165, 1.54) is 6.33 Å². The van der Waals surface area contributed by atoms with E-state index < -0.39 is 0 Å². The Morgan fingerprint density at radius 3 is 3.36 bits per heavy atom. The van der Waals surface area contributed by atoms with Gasteiger partial charge in [0.2, 0.25) is 0 Å². The standard InChI is InChI=1S/C9H14N4O/c1-2-4-14-8(3-1)5-10-6-9-11-7-12-13-9/h2,4,7-8,10H,1,3,5-6H2,(H,11,12,13). The van der Waals surface area contributed by atoms with Crippen LogP contribution in [0, 0.1) is 0 Å². The summed E-state index contributed by atoms with van der Waals surface area (Å²) in [5, 5.41) is 9.83. The van der Waals surface area contributed by atoms with Crippen molar-refractivity contribution >= 4 is 0 Å². The van der Waals surface area contributed by atoms with E-state index in [2.05, 4.69) is 20.5 Å². The average molecular weight is 194 g/mol. The third-order valence-electron chi connectivity index (χ3n) is 2.15. The van der Waals surface area contributed by atoms with Gasteiger partial charge < -0.3 is 10.1 Å². The Hall–Kier alpha value is -1.36. The molecule has 0 bridgehead atoms. The van der Waals surface area contributed by atoms with Crippen LogP contribution in [0.2, 0.25) is 0 Å². The van der Waals surface area contributed by atoms with Crippen molar-refractivity contribution in [1.29, 1.82) is 0 Å². The number of H-pyrrole nitrogens is 1. The van der Waals surface area contributed by atoms with E-state index in [-0.39, 0.29) is 0 Å². The summed E-state index contributed by atoms with van der Waals surface area (Å²) in [7, 11) is 0. The SMILES string of the molecule is C1=COC(CNCc2ncn[nH]2)CC1. The third-order valence-corrected chi connectivity index (χ3v) is 2.15. The number of aromatic nitrogens is 3. The van der Waals surface area contributed by atoms with Gasteiger partial charge in [-0.2, -0.15) is 5.10 Å². The summed E-state index contributed by atoms with van der Waals surface area (Å²) >= 11 is 0. The molecule has 76 valence electrons. The van der Waals surface area contributed by atoms with Crippen LogP contribution in [-0.2, 0) is 11.3 Å². The van der Waals surface area contributed by atoms with Gasteiger partial charge in [0.25, 0.3) is 0 Å². The molecule has 0 radical (unpaired) electrons. The van der Waals surface area contributed by atoms with E-state index in [1.54, 1.807) is 6.26 Å². The molecule has 1 atom stereocenters. The number of nitrogens with zero attached hydrogens (tertiary/aromatic N) is 2. The Balaban J connectivity index is 1.65. The Morgan fingerprint density at radius 1 is 1.64 bits per heavy atom. The van der Waals surface area contributed by atoms with Crippen LogP contribution in [0.3, 0.4) is 0 Å². The van der Waals surface area contributed by atoms with Crippen molar-refractivity contribution < 1.29 is 4.74 Å². The lowest BCUT2D eigenvalue weighted by Gasteiger charge is -2.19.